The molecule has 0 aromatic heterocycles. The fraction of sp³-hybridized carbons (Fsp3) is 0.278. The van der Waals surface area contributed by atoms with E-state index in [0.29, 0.717) is 18.2 Å². The fourth-order valence-electron chi connectivity index (χ4n) is 2.62. The van der Waals surface area contributed by atoms with Crippen LogP contribution in [0.2, 0.25) is 0 Å². The van der Waals surface area contributed by atoms with Gasteiger partial charge in [0.1, 0.15) is 12.4 Å². The van der Waals surface area contributed by atoms with Gasteiger partial charge in [0.2, 0.25) is 0 Å². The van der Waals surface area contributed by atoms with E-state index in [4.69, 9.17) is 10.1 Å². The molecule has 0 spiro atoms. The maximum absolute atomic E-state index is 10.1. The van der Waals surface area contributed by atoms with Crippen molar-refractivity contribution in [3.8, 4) is 5.75 Å². The summed E-state index contributed by atoms with van der Waals surface area (Å²) in [7, 11) is 0. The van der Waals surface area contributed by atoms with E-state index in [1.165, 1.54) is 6.42 Å². The Hall–Kier alpha value is -2.53. The van der Waals surface area contributed by atoms with Crippen LogP contribution in [0.25, 0.3) is 0 Å². The third-order valence-electron chi connectivity index (χ3n) is 3.91. The number of aliphatic hydroxyl groups is 1. The molecule has 3 rings (SSSR count). The van der Waals surface area contributed by atoms with Gasteiger partial charge >= 0.3 is 0 Å². The molecule has 1 aromatic carbocycles. The van der Waals surface area contributed by atoms with Crippen LogP contribution in [0.1, 0.15) is 12.8 Å². The van der Waals surface area contributed by atoms with Crippen molar-refractivity contribution < 1.29 is 9.84 Å². The molecule has 0 amide bonds. The number of benzene rings is 1. The van der Waals surface area contributed by atoms with Gasteiger partial charge in [0.25, 0.3) is 0 Å². The maximum Gasteiger partial charge on any atom is 0.198 e. The number of nitrogens with one attached hydrogen (secondary N) is 3. The second kappa shape index (κ2) is 7.15. The molecule has 1 aliphatic heterocycles. The molecule has 0 unspecified atom stereocenters. The Bertz CT molecular complexity index is 653. The first kappa shape index (κ1) is 15.4. The van der Waals surface area contributed by atoms with Crippen LogP contribution in [0.4, 0.5) is 5.69 Å². The molecular formula is C18H21N3O2. The van der Waals surface area contributed by atoms with E-state index in [0.717, 1.165) is 24.4 Å². The number of allylic oxidation sites excluding steroid dienone is 5. The second-order valence-electron chi connectivity index (χ2n) is 5.65. The summed E-state index contributed by atoms with van der Waals surface area (Å²) in [5, 5.41) is 24.2. The third-order valence-corrected chi connectivity index (χ3v) is 3.91. The molecule has 1 atom stereocenters. The monoisotopic (exact) mass is 311 g/mol. The number of hydrogen-bond acceptors (Lipinski definition) is 5. The Kier molecular flexibility index (Phi) is 4.78. The summed E-state index contributed by atoms with van der Waals surface area (Å²) >= 11 is 0. The zero-order chi connectivity index (χ0) is 16.1. The van der Waals surface area contributed by atoms with Crippen LogP contribution in [-0.2, 0) is 0 Å². The second-order valence-corrected chi connectivity index (χ2v) is 5.65. The van der Waals surface area contributed by atoms with Gasteiger partial charge in [0.15, 0.2) is 5.88 Å². The maximum atomic E-state index is 10.1. The van der Waals surface area contributed by atoms with Gasteiger partial charge < -0.3 is 25.9 Å². The van der Waals surface area contributed by atoms with Crippen molar-refractivity contribution in [3.63, 3.8) is 0 Å². The van der Waals surface area contributed by atoms with Gasteiger partial charge in [0, 0.05) is 11.7 Å². The summed E-state index contributed by atoms with van der Waals surface area (Å²) in [5.41, 5.74) is 1.50. The van der Waals surface area contributed by atoms with Crippen molar-refractivity contribution in [2.75, 3.05) is 18.5 Å². The molecule has 1 aromatic rings. The Labute approximate surface area is 135 Å². The molecule has 0 saturated carbocycles. The molecule has 4 N–H and O–H groups in total. The lowest BCUT2D eigenvalue weighted by atomic mass is 10.1. The van der Waals surface area contributed by atoms with Crippen molar-refractivity contribution in [1.29, 1.82) is 5.41 Å². The van der Waals surface area contributed by atoms with Crippen LogP contribution in [-0.4, -0.2) is 30.0 Å². The molecule has 0 bridgehead atoms. The Morgan fingerprint density at radius 1 is 1.26 bits per heavy atom. The smallest absolute Gasteiger partial charge is 0.198 e. The molecule has 5 nitrogen and oxygen atoms in total. The van der Waals surface area contributed by atoms with Gasteiger partial charge in [-0.3, -0.25) is 0 Å². The minimum absolute atomic E-state index is 0.0283. The Morgan fingerprint density at radius 3 is 2.74 bits per heavy atom. The molecule has 1 heterocycles. The lowest BCUT2D eigenvalue weighted by Gasteiger charge is -2.13. The molecule has 5 heteroatoms. The van der Waals surface area contributed by atoms with Crippen LogP contribution in [0.15, 0.2) is 60.0 Å². The quantitative estimate of drug-likeness (QED) is 0.630. The first-order valence-electron chi connectivity index (χ1n) is 7.82. The molecule has 23 heavy (non-hydrogen) atoms. The van der Waals surface area contributed by atoms with Crippen molar-refractivity contribution in [1.82, 2.24) is 5.32 Å². The zero-order valence-electron chi connectivity index (χ0n) is 12.9. The van der Waals surface area contributed by atoms with E-state index in [1.807, 2.05) is 24.3 Å². The summed E-state index contributed by atoms with van der Waals surface area (Å²) < 4.78 is 5.76. The van der Waals surface area contributed by atoms with Crippen molar-refractivity contribution >= 4 is 11.4 Å². The molecule has 0 radical (unpaired) electrons. The van der Waals surface area contributed by atoms with Gasteiger partial charge in [0.05, 0.1) is 11.3 Å². The van der Waals surface area contributed by atoms with Crippen molar-refractivity contribution in [2.24, 2.45) is 0 Å². The minimum atomic E-state index is -0.0283. The van der Waals surface area contributed by atoms with E-state index in [1.54, 1.807) is 24.3 Å². The minimum Gasteiger partial charge on any atom is -0.494 e. The highest BCUT2D eigenvalue weighted by Crippen LogP contribution is 2.19. The van der Waals surface area contributed by atoms with Crippen LogP contribution in [0.5, 0.6) is 5.75 Å². The number of ether oxygens (including phenoxy) is 1. The molecular weight excluding hydrogens is 290 g/mol. The summed E-state index contributed by atoms with van der Waals surface area (Å²) in [6.45, 7) is 1.75. The lowest BCUT2D eigenvalue weighted by Crippen LogP contribution is -2.28. The van der Waals surface area contributed by atoms with E-state index < -0.39 is 0 Å². The average molecular weight is 311 g/mol. The SMILES string of the molecule is N=C1C=CC=C/C1=C(\O)Nc1ccc(OC[C@H]2CCCN2)cc1. The van der Waals surface area contributed by atoms with Crippen LogP contribution in [0.3, 0.4) is 0 Å². The summed E-state index contributed by atoms with van der Waals surface area (Å²) in [5.74, 6) is 0.782. The highest BCUT2D eigenvalue weighted by Gasteiger charge is 2.14. The predicted molar refractivity (Wildman–Crippen MR) is 92.2 cm³/mol. The van der Waals surface area contributed by atoms with Gasteiger partial charge in [-0.25, -0.2) is 0 Å². The van der Waals surface area contributed by atoms with Gasteiger partial charge in [-0.05, 0) is 55.8 Å². The van der Waals surface area contributed by atoms with Crippen molar-refractivity contribution in [3.05, 3.63) is 60.0 Å². The highest BCUT2D eigenvalue weighted by atomic mass is 16.5. The molecule has 1 saturated heterocycles. The Morgan fingerprint density at radius 2 is 2.04 bits per heavy atom. The number of hydrogen-bond donors (Lipinski definition) is 4. The van der Waals surface area contributed by atoms with Gasteiger partial charge in [-0.1, -0.05) is 12.2 Å². The molecule has 2 aliphatic rings. The van der Waals surface area contributed by atoms with E-state index >= 15 is 0 Å². The first-order chi connectivity index (χ1) is 11.2. The standard InChI is InChI=1S/C18H21N3O2/c19-17-6-2-1-5-16(17)18(22)21-13-7-9-15(10-8-13)23-12-14-4-3-11-20-14/h1-2,5-10,14,19-22H,3-4,11-12H2/b18-16+,19-17?/t14-/m1/s1. The predicted octanol–water partition coefficient (Wildman–Crippen LogP) is 3.14. The largest absolute Gasteiger partial charge is 0.494 e. The van der Waals surface area contributed by atoms with Crippen LogP contribution in [0, 0.1) is 5.41 Å². The summed E-state index contributed by atoms with van der Waals surface area (Å²) in [6.07, 6.45) is 9.28. The van der Waals surface area contributed by atoms with Crippen LogP contribution < -0.4 is 15.4 Å². The van der Waals surface area contributed by atoms with E-state index in [9.17, 15) is 5.11 Å². The van der Waals surface area contributed by atoms with Crippen LogP contribution >= 0.6 is 0 Å². The first-order valence-corrected chi connectivity index (χ1v) is 7.82. The van der Waals surface area contributed by atoms with E-state index in [-0.39, 0.29) is 11.6 Å². The molecule has 120 valence electrons. The fourth-order valence-corrected chi connectivity index (χ4v) is 2.62. The third kappa shape index (κ3) is 4.02. The molecule has 1 fully saturated rings. The lowest BCUT2D eigenvalue weighted by molar-refractivity contribution is 0.277. The van der Waals surface area contributed by atoms with Crippen molar-refractivity contribution in [2.45, 2.75) is 18.9 Å². The number of rotatable bonds is 5. The topological polar surface area (TPSA) is 77.4 Å². The molecule has 1 aliphatic carbocycles. The number of aliphatic hydroxyl groups excluding tert-OH is 1. The van der Waals surface area contributed by atoms with Gasteiger partial charge in [-0.15, -0.1) is 0 Å². The summed E-state index contributed by atoms with van der Waals surface area (Å²) in [6, 6.07) is 7.88. The Balaban J connectivity index is 1.58. The number of anilines is 1. The highest BCUT2D eigenvalue weighted by molar-refractivity contribution is 6.09. The summed E-state index contributed by atoms with van der Waals surface area (Å²) in [4.78, 5) is 0. The van der Waals surface area contributed by atoms with E-state index in [2.05, 4.69) is 10.6 Å². The zero-order valence-corrected chi connectivity index (χ0v) is 12.9. The van der Waals surface area contributed by atoms with Gasteiger partial charge in [-0.2, -0.15) is 0 Å². The normalized spacial score (nSPS) is 22.3. The average Bonchev–Trinajstić information content (AvgIpc) is 3.08.